The van der Waals surface area contributed by atoms with Crippen molar-refractivity contribution >= 4 is 47.4 Å². The van der Waals surface area contributed by atoms with Crippen LogP contribution in [0.25, 0.3) is 0 Å². The predicted octanol–water partition coefficient (Wildman–Crippen LogP) is 2.97. The SMILES string of the molecule is CN=C(NCc1ccc(Cl)cc1)NCc1ccc(N2CCN(C)CC2)nc1.I. The monoisotopic (exact) mass is 514 g/mol. The van der Waals surface area contributed by atoms with Crippen LogP contribution in [-0.2, 0) is 13.1 Å². The summed E-state index contributed by atoms with van der Waals surface area (Å²) < 4.78 is 0. The maximum absolute atomic E-state index is 5.92. The van der Waals surface area contributed by atoms with E-state index in [0.29, 0.717) is 13.1 Å². The van der Waals surface area contributed by atoms with Crippen molar-refractivity contribution in [3.05, 3.63) is 58.7 Å². The van der Waals surface area contributed by atoms with Crippen LogP contribution in [0.3, 0.4) is 0 Å². The Labute approximate surface area is 189 Å². The van der Waals surface area contributed by atoms with Gasteiger partial charge in [-0.1, -0.05) is 29.8 Å². The van der Waals surface area contributed by atoms with Crippen molar-refractivity contribution in [2.75, 3.05) is 45.2 Å². The van der Waals surface area contributed by atoms with Crippen molar-refractivity contribution in [3.8, 4) is 0 Å². The van der Waals surface area contributed by atoms with Gasteiger partial charge in [-0.25, -0.2) is 4.98 Å². The van der Waals surface area contributed by atoms with Crippen molar-refractivity contribution < 1.29 is 0 Å². The fraction of sp³-hybridized carbons (Fsp3) is 0.400. The highest BCUT2D eigenvalue weighted by Crippen LogP contribution is 2.13. The first-order chi connectivity index (χ1) is 13.1. The predicted molar refractivity (Wildman–Crippen MR) is 128 cm³/mol. The molecule has 2 N–H and O–H groups in total. The Hall–Kier alpha value is -1.58. The number of nitrogens with zero attached hydrogens (tertiary/aromatic N) is 4. The van der Waals surface area contributed by atoms with Crippen LogP contribution in [0.5, 0.6) is 0 Å². The lowest BCUT2D eigenvalue weighted by Crippen LogP contribution is -2.44. The first kappa shape index (κ1) is 22.7. The number of guanidine groups is 1. The topological polar surface area (TPSA) is 55.8 Å². The fourth-order valence-corrected chi connectivity index (χ4v) is 3.06. The zero-order valence-electron chi connectivity index (χ0n) is 16.4. The molecule has 1 aliphatic rings. The number of rotatable bonds is 5. The number of pyridine rings is 1. The molecule has 0 amide bonds. The number of anilines is 1. The third kappa shape index (κ3) is 6.79. The van der Waals surface area contributed by atoms with E-state index < -0.39 is 0 Å². The van der Waals surface area contributed by atoms with Crippen LogP contribution >= 0.6 is 35.6 Å². The maximum Gasteiger partial charge on any atom is 0.191 e. The van der Waals surface area contributed by atoms with Crippen molar-refractivity contribution in [2.45, 2.75) is 13.1 Å². The highest BCUT2D eigenvalue weighted by molar-refractivity contribution is 14.0. The van der Waals surface area contributed by atoms with Gasteiger partial charge in [0.1, 0.15) is 5.82 Å². The summed E-state index contributed by atoms with van der Waals surface area (Å²) in [5, 5.41) is 7.37. The van der Waals surface area contributed by atoms with Gasteiger partial charge in [0.2, 0.25) is 0 Å². The maximum atomic E-state index is 5.92. The zero-order valence-corrected chi connectivity index (χ0v) is 19.4. The summed E-state index contributed by atoms with van der Waals surface area (Å²) in [6.07, 6.45) is 1.94. The summed E-state index contributed by atoms with van der Waals surface area (Å²) >= 11 is 5.92. The minimum absolute atomic E-state index is 0. The lowest BCUT2D eigenvalue weighted by molar-refractivity contribution is 0.312. The summed E-state index contributed by atoms with van der Waals surface area (Å²) in [5.74, 6) is 1.81. The number of aliphatic imine (C=N–C) groups is 1. The third-order valence-corrected chi connectivity index (χ3v) is 4.95. The Balaban J connectivity index is 0.00000280. The number of likely N-dealkylation sites (N-methyl/N-ethyl adjacent to an activating group) is 1. The van der Waals surface area contributed by atoms with Gasteiger partial charge in [0.05, 0.1) is 0 Å². The summed E-state index contributed by atoms with van der Waals surface area (Å²) in [6, 6.07) is 12.0. The van der Waals surface area contributed by atoms with E-state index in [4.69, 9.17) is 11.6 Å². The molecule has 28 heavy (non-hydrogen) atoms. The van der Waals surface area contributed by atoms with E-state index in [1.807, 2.05) is 30.5 Å². The molecule has 0 bridgehead atoms. The fourth-order valence-electron chi connectivity index (χ4n) is 2.94. The van der Waals surface area contributed by atoms with Crippen LogP contribution in [0.2, 0.25) is 5.02 Å². The molecule has 6 nitrogen and oxygen atoms in total. The Bertz CT molecular complexity index is 742. The molecule has 1 aromatic heterocycles. The van der Waals surface area contributed by atoms with Crippen molar-refractivity contribution in [1.82, 2.24) is 20.5 Å². The molecule has 0 unspecified atom stereocenters. The molecule has 1 fully saturated rings. The van der Waals surface area contributed by atoms with Gasteiger partial charge in [0, 0.05) is 57.5 Å². The molecular formula is C20H28ClIN6. The molecule has 8 heteroatoms. The average molecular weight is 515 g/mol. The number of hydrogen-bond acceptors (Lipinski definition) is 4. The molecule has 1 aliphatic heterocycles. The minimum Gasteiger partial charge on any atom is -0.354 e. The quantitative estimate of drug-likeness (QED) is 0.365. The van der Waals surface area contributed by atoms with Gasteiger partial charge in [-0.05, 0) is 36.4 Å². The number of aromatic nitrogens is 1. The van der Waals surface area contributed by atoms with Gasteiger partial charge in [-0.15, -0.1) is 24.0 Å². The molecular weight excluding hydrogens is 487 g/mol. The molecule has 0 aliphatic carbocycles. The Morgan fingerprint density at radius 1 is 1.00 bits per heavy atom. The summed E-state index contributed by atoms with van der Waals surface area (Å²) in [5.41, 5.74) is 2.28. The number of hydrogen-bond donors (Lipinski definition) is 2. The molecule has 1 aromatic carbocycles. The van der Waals surface area contributed by atoms with Crippen LogP contribution in [0.1, 0.15) is 11.1 Å². The Morgan fingerprint density at radius 3 is 2.18 bits per heavy atom. The number of halogens is 2. The van der Waals surface area contributed by atoms with E-state index >= 15 is 0 Å². The average Bonchev–Trinajstić information content (AvgIpc) is 2.70. The van der Waals surface area contributed by atoms with Crippen molar-refractivity contribution in [3.63, 3.8) is 0 Å². The molecule has 2 heterocycles. The summed E-state index contributed by atoms with van der Waals surface area (Å²) in [7, 11) is 3.93. The second-order valence-corrected chi connectivity index (χ2v) is 7.16. The van der Waals surface area contributed by atoms with Crippen LogP contribution in [0, 0.1) is 0 Å². The molecule has 2 aromatic rings. The van der Waals surface area contributed by atoms with Gasteiger partial charge < -0.3 is 20.4 Å². The zero-order chi connectivity index (χ0) is 19.1. The van der Waals surface area contributed by atoms with E-state index in [1.165, 1.54) is 0 Å². The van der Waals surface area contributed by atoms with Crippen LogP contribution < -0.4 is 15.5 Å². The highest BCUT2D eigenvalue weighted by atomic mass is 127. The summed E-state index contributed by atoms with van der Waals surface area (Å²) in [6.45, 7) is 5.60. The molecule has 0 atom stereocenters. The molecule has 0 saturated carbocycles. The Kier molecular flexibility index (Phi) is 9.27. The highest BCUT2D eigenvalue weighted by Gasteiger charge is 2.14. The van der Waals surface area contributed by atoms with Crippen LogP contribution in [0.4, 0.5) is 5.82 Å². The first-order valence-electron chi connectivity index (χ1n) is 9.21. The van der Waals surface area contributed by atoms with E-state index in [1.54, 1.807) is 7.05 Å². The normalized spacial score (nSPS) is 15.1. The summed E-state index contributed by atoms with van der Waals surface area (Å²) in [4.78, 5) is 13.6. The van der Waals surface area contributed by atoms with Gasteiger partial charge in [0.15, 0.2) is 5.96 Å². The third-order valence-electron chi connectivity index (χ3n) is 4.69. The van der Waals surface area contributed by atoms with Gasteiger partial charge in [-0.3, -0.25) is 4.99 Å². The molecule has 3 rings (SSSR count). The number of benzene rings is 1. The first-order valence-corrected chi connectivity index (χ1v) is 9.59. The van der Waals surface area contributed by atoms with Crippen LogP contribution in [0.15, 0.2) is 47.6 Å². The van der Waals surface area contributed by atoms with E-state index in [-0.39, 0.29) is 24.0 Å². The molecule has 0 spiro atoms. The van der Waals surface area contributed by atoms with E-state index in [2.05, 4.69) is 49.6 Å². The van der Waals surface area contributed by atoms with Crippen molar-refractivity contribution in [2.24, 2.45) is 4.99 Å². The van der Waals surface area contributed by atoms with E-state index in [9.17, 15) is 0 Å². The van der Waals surface area contributed by atoms with Gasteiger partial charge in [-0.2, -0.15) is 0 Å². The molecule has 0 radical (unpaired) electrons. The smallest absolute Gasteiger partial charge is 0.191 e. The minimum atomic E-state index is 0. The van der Waals surface area contributed by atoms with Gasteiger partial charge in [0.25, 0.3) is 0 Å². The van der Waals surface area contributed by atoms with Gasteiger partial charge >= 0.3 is 0 Å². The van der Waals surface area contributed by atoms with Crippen molar-refractivity contribution in [1.29, 1.82) is 0 Å². The second-order valence-electron chi connectivity index (χ2n) is 6.72. The standard InChI is InChI=1S/C20H27ClN6.HI/c1-22-20(24-13-16-3-6-18(21)7-4-16)25-15-17-5-8-19(23-14-17)27-11-9-26(2)10-12-27;/h3-8,14H,9-13,15H2,1-2H3,(H2,22,24,25);1H. The lowest BCUT2D eigenvalue weighted by atomic mass is 10.2. The second kappa shape index (κ2) is 11.4. The molecule has 1 saturated heterocycles. The number of piperazine rings is 1. The van der Waals surface area contributed by atoms with E-state index in [0.717, 1.165) is 54.1 Å². The van der Waals surface area contributed by atoms with Crippen LogP contribution in [-0.4, -0.2) is 56.1 Å². The largest absolute Gasteiger partial charge is 0.354 e. The lowest BCUT2D eigenvalue weighted by Gasteiger charge is -2.33. The number of nitrogens with one attached hydrogen (secondary N) is 2. The Morgan fingerprint density at radius 2 is 1.61 bits per heavy atom. The molecule has 152 valence electrons.